The molecule has 1 aliphatic heterocycles. The monoisotopic (exact) mass is 575 g/mol. The first-order valence-corrected chi connectivity index (χ1v) is 11.3. The third kappa shape index (κ3) is 8.19. The average Bonchev–Trinajstić information content (AvgIpc) is 3.29. The highest BCUT2D eigenvalue weighted by atomic mass is 127. The van der Waals surface area contributed by atoms with Gasteiger partial charge in [-0.15, -0.1) is 35.3 Å². The second-order valence-corrected chi connectivity index (χ2v) is 8.29. The minimum atomic E-state index is -0.774. The number of nitrogens with one attached hydrogen (secondary N) is 1. The number of aliphatic imine (C=N–C) groups is 1. The van der Waals surface area contributed by atoms with Gasteiger partial charge in [0.05, 0.1) is 11.5 Å². The zero-order valence-electron chi connectivity index (χ0n) is 18.1. The van der Waals surface area contributed by atoms with E-state index in [1.165, 1.54) is 29.1 Å². The Morgan fingerprint density at radius 2 is 2.00 bits per heavy atom. The smallest absolute Gasteiger partial charge is 0.269 e. The number of hydrogen-bond acceptors (Lipinski definition) is 7. The molecule has 2 aromatic rings. The summed E-state index contributed by atoms with van der Waals surface area (Å²) in [6.45, 7) is 7.74. The van der Waals surface area contributed by atoms with Crippen LogP contribution in [0.2, 0.25) is 0 Å². The van der Waals surface area contributed by atoms with Gasteiger partial charge in [-0.1, -0.05) is 6.07 Å². The van der Waals surface area contributed by atoms with Crippen molar-refractivity contribution in [3.05, 3.63) is 56.8 Å². The summed E-state index contributed by atoms with van der Waals surface area (Å²) in [5, 5.41) is 26.4. The molecule has 0 radical (unpaired) electrons. The number of non-ortho nitro benzene ring substituents is 1. The first-order valence-electron chi connectivity index (χ1n) is 10.4. The van der Waals surface area contributed by atoms with Gasteiger partial charge in [0.2, 0.25) is 0 Å². The second-order valence-electron chi connectivity index (χ2n) is 7.25. The van der Waals surface area contributed by atoms with Gasteiger partial charge in [-0.05, 0) is 30.5 Å². The van der Waals surface area contributed by atoms with E-state index in [2.05, 4.69) is 37.6 Å². The molecule has 1 unspecified atom stereocenters. The number of aliphatic hydroxyl groups is 1. The van der Waals surface area contributed by atoms with Crippen LogP contribution in [0.1, 0.15) is 11.8 Å². The number of nitrogens with zero attached hydrogens (tertiary/aromatic N) is 4. The van der Waals surface area contributed by atoms with E-state index in [9.17, 15) is 15.2 Å². The Balaban J connectivity index is 0.00000363. The van der Waals surface area contributed by atoms with Crippen LogP contribution >= 0.6 is 35.3 Å². The highest BCUT2D eigenvalue weighted by molar-refractivity contribution is 14.0. The molecule has 3 rings (SSSR count). The molecule has 11 heteroatoms. The standard InChI is InChI=1S/C21H29N5O4S.HI/c1-2-22-21(25-11-9-24(10-12-25)15-20-4-3-13-31-20)23-14-18(27)16-30-19-7-5-17(6-8-19)26(28)29;/h3-8,13,18,27H,2,9-12,14-16H2,1H3,(H,22,23);1H. The number of guanidine groups is 1. The molecule has 0 saturated carbocycles. The number of hydrogen-bond donors (Lipinski definition) is 2. The number of nitro groups is 1. The first kappa shape index (κ1) is 26.3. The zero-order valence-corrected chi connectivity index (χ0v) is 21.2. The van der Waals surface area contributed by atoms with E-state index in [0.717, 1.165) is 45.2 Å². The molecule has 0 aliphatic carbocycles. The maximum absolute atomic E-state index is 10.7. The summed E-state index contributed by atoms with van der Waals surface area (Å²) in [6, 6.07) is 10.1. The molecule has 0 bridgehead atoms. The number of thiophene rings is 1. The molecule has 176 valence electrons. The van der Waals surface area contributed by atoms with Crippen LogP contribution in [0.3, 0.4) is 0 Å². The molecule has 1 aromatic heterocycles. The summed E-state index contributed by atoms with van der Waals surface area (Å²) in [5.41, 5.74) is 0.00302. The van der Waals surface area contributed by atoms with E-state index >= 15 is 0 Å². The van der Waals surface area contributed by atoms with Gasteiger partial charge in [0.25, 0.3) is 5.69 Å². The molecule has 1 aliphatic rings. The molecule has 1 saturated heterocycles. The van der Waals surface area contributed by atoms with E-state index in [-0.39, 0.29) is 42.8 Å². The third-order valence-corrected chi connectivity index (χ3v) is 5.77. The first-order chi connectivity index (χ1) is 15.0. The van der Waals surface area contributed by atoms with Gasteiger partial charge in [-0.2, -0.15) is 0 Å². The van der Waals surface area contributed by atoms with Crippen LogP contribution in [-0.4, -0.2) is 77.8 Å². The van der Waals surface area contributed by atoms with E-state index < -0.39 is 11.0 Å². The average molecular weight is 575 g/mol. The highest BCUT2D eigenvalue weighted by Gasteiger charge is 2.20. The maximum Gasteiger partial charge on any atom is 0.269 e. The van der Waals surface area contributed by atoms with Gasteiger partial charge < -0.3 is 20.1 Å². The lowest BCUT2D eigenvalue weighted by Crippen LogP contribution is -2.52. The number of halogens is 1. The van der Waals surface area contributed by atoms with Crippen molar-refractivity contribution in [1.82, 2.24) is 15.1 Å². The van der Waals surface area contributed by atoms with Crippen molar-refractivity contribution in [2.45, 2.75) is 19.6 Å². The number of piperazine rings is 1. The lowest BCUT2D eigenvalue weighted by Gasteiger charge is -2.36. The van der Waals surface area contributed by atoms with E-state index in [0.29, 0.717) is 5.75 Å². The Labute approximate surface area is 209 Å². The number of ether oxygens (including phenoxy) is 1. The van der Waals surface area contributed by atoms with Crippen LogP contribution < -0.4 is 10.1 Å². The van der Waals surface area contributed by atoms with Gasteiger partial charge >= 0.3 is 0 Å². The quantitative estimate of drug-likeness (QED) is 0.156. The molecular formula is C21H30IN5O4S. The molecule has 1 atom stereocenters. The van der Waals surface area contributed by atoms with Crippen molar-refractivity contribution in [2.24, 2.45) is 4.99 Å². The molecule has 0 amide bonds. The van der Waals surface area contributed by atoms with Crippen molar-refractivity contribution in [3.8, 4) is 5.75 Å². The van der Waals surface area contributed by atoms with Gasteiger partial charge in [-0.25, -0.2) is 0 Å². The number of rotatable bonds is 9. The molecule has 9 nitrogen and oxygen atoms in total. The number of aliphatic hydroxyl groups excluding tert-OH is 1. The van der Waals surface area contributed by atoms with Crippen molar-refractivity contribution in [3.63, 3.8) is 0 Å². The fourth-order valence-corrected chi connectivity index (χ4v) is 4.01. The Bertz CT molecular complexity index is 842. The predicted molar refractivity (Wildman–Crippen MR) is 137 cm³/mol. The summed E-state index contributed by atoms with van der Waals surface area (Å²) >= 11 is 1.79. The van der Waals surface area contributed by atoms with Gasteiger partial charge in [0.15, 0.2) is 5.96 Å². The van der Waals surface area contributed by atoms with E-state index in [4.69, 9.17) is 4.74 Å². The second kappa shape index (κ2) is 13.6. The lowest BCUT2D eigenvalue weighted by atomic mass is 10.3. The topological polar surface area (TPSA) is 103 Å². The summed E-state index contributed by atoms with van der Waals surface area (Å²) in [5.74, 6) is 1.27. The van der Waals surface area contributed by atoms with E-state index in [1.807, 2.05) is 6.92 Å². The Kier molecular flexibility index (Phi) is 11.1. The fraction of sp³-hybridized carbons (Fsp3) is 0.476. The SMILES string of the molecule is CCNC(=NCC(O)COc1ccc([N+](=O)[O-])cc1)N1CCN(Cc2cccs2)CC1.I. The zero-order chi connectivity index (χ0) is 22.1. The third-order valence-electron chi connectivity index (χ3n) is 4.91. The van der Waals surface area contributed by atoms with Gasteiger partial charge in [-0.3, -0.25) is 20.0 Å². The Morgan fingerprint density at radius 3 is 2.59 bits per heavy atom. The summed E-state index contributed by atoms with van der Waals surface area (Å²) in [7, 11) is 0. The Morgan fingerprint density at radius 1 is 1.28 bits per heavy atom. The molecular weight excluding hydrogens is 545 g/mol. The molecule has 1 aromatic carbocycles. The van der Waals surface area contributed by atoms with Crippen LogP contribution in [0.15, 0.2) is 46.8 Å². The minimum absolute atomic E-state index is 0. The minimum Gasteiger partial charge on any atom is -0.491 e. The van der Waals surface area contributed by atoms with Crippen LogP contribution in [0, 0.1) is 10.1 Å². The summed E-state index contributed by atoms with van der Waals surface area (Å²) < 4.78 is 5.52. The highest BCUT2D eigenvalue weighted by Crippen LogP contribution is 2.17. The normalized spacial score (nSPS) is 15.7. The van der Waals surface area contributed by atoms with Crippen molar-refractivity contribution in [2.75, 3.05) is 45.9 Å². The van der Waals surface area contributed by atoms with Crippen LogP contribution in [0.4, 0.5) is 5.69 Å². The molecule has 1 fully saturated rings. The fourth-order valence-electron chi connectivity index (χ4n) is 3.27. The summed E-state index contributed by atoms with van der Waals surface area (Å²) in [6.07, 6.45) is -0.774. The van der Waals surface area contributed by atoms with Crippen molar-refractivity contribution >= 4 is 47.0 Å². The van der Waals surface area contributed by atoms with Gasteiger partial charge in [0.1, 0.15) is 18.5 Å². The van der Waals surface area contributed by atoms with Crippen LogP contribution in [0.5, 0.6) is 5.75 Å². The largest absolute Gasteiger partial charge is 0.491 e. The van der Waals surface area contributed by atoms with E-state index in [1.54, 1.807) is 11.3 Å². The van der Waals surface area contributed by atoms with Crippen LogP contribution in [-0.2, 0) is 6.54 Å². The predicted octanol–water partition coefficient (Wildman–Crippen LogP) is 2.80. The number of nitro benzene ring substituents is 1. The summed E-state index contributed by atoms with van der Waals surface area (Å²) in [4.78, 5) is 20.9. The maximum atomic E-state index is 10.7. The molecule has 2 heterocycles. The van der Waals surface area contributed by atoms with Crippen LogP contribution in [0.25, 0.3) is 0 Å². The van der Waals surface area contributed by atoms with Crippen molar-refractivity contribution in [1.29, 1.82) is 0 Å². The lowest BCUT2D eigenvalue weighted by molar-refractivity contribution is -0.384. The van der Waals surface area contributed by atoms with Gasteiger partial charge in [0, 0.05) is 56.3 Å². The molecule has 2 N–H and O–H groups in total. The van der Waals surface area contributed by atoms with Crippen molar-refractivity contribution < 1.29 is 14.8 Å². The number of benzene rings is 1. The molecule has 0 spiro atoms. The Hall–Kier alpha value is -1.96. The molecule has 32 heavy (non-hydrogen) atoms.